The number of rotatable bonds is 6. The Bertz CT molecular complexity index is 532. The van der Waals surface area contributed by atoms with Crippen molar-refractivity contribution in [1.82, 2.24) is 10.4 Å². The molecule has 3 N–H and O–H groups in total. The summed E-state index contributed by atoms with van der Waals surface area (Å²) >= 11 is 5.10. The van der Waals surface area contributed by atoms with Gasteiger partial charge in [0.2, 0.25) is 0 Å². The summed E-state index contributed by atoms with van der Waals surface area (Å²) in [4.78, 5) is 5.34. The Morgan fingerprint density at radius 2 is 2.32 bits per heavy atom. The second-order valence-electron chi connectivity index (χ2n) is 4.07. The van der Waals surface area contributed by atoms with Gasteiger partial charge in [-0.1, -0.05) is 6.92 Å². The highest BCUT2D eigenvalue weighted by molar-refractivity contribution is 9.10. The van der Waals surface area contributed by atoms with E-state index in [-0.39, 0.29) is 6.04 Å². The van der Waals surface area contributed by atoms with E-state index in [2.05, 4.69) is 39.3 Å². The summed E-state index contributed by atoms with van der Waals surface area (Å²) in [5.41, 5.74) is 3.82. The number of nitrogens with two attached hydrogens (primary N) is 1. The molecule has 0 radical (unpaired) electrons. The number of aromatic nitrogens is 1. The van der Waals surface area contributed by atoms with E-state index in [1.165, 1.54) is 0 Å². The Kier molecular flexibility index (Phi) is 5.33. The summed E-state index contributed by atoms with van der Waals surface area (Å²) in [6.07, 6.45) is 4.49. The Morgan fingerprint density at radius 3 is 2.95 bits per heavy atom. The largest absolute Gasteiger partial charge is 0.492 e. The smallest absolute Gasteiger partial charge is 0.137 e. The quantitative estimate of drug-likeness (QED) is 0.625. The third-order valence-electron chi connectivity index (χ3n) is 2.58. The summed E-state index contributed by atoms with van der Waals surface area (Å²) < 4.78 is 6.65. The molecule has 0 saturated carbocycles. The number of thiophene rings is 1. The van der Waals surface area contributed by atoms with Crippen LogP contribution in [-0.4, -0.2) is 11.6 Å². The van der Waals surface area contributed by atoms with Gasteiger partial charge in [-0.05, 0) is 40.0 Å². The van der Waals surface area contributed by atoms with Crippen LogP contribution in [0.25, 0.3) is 0 Å². The molecule has 1 unspecified atom stereocenters. The van der Waals surface area contributed by atoms with E-state index >= 15 is 0 Å². The van der Waals surface area contributed by atoms with Crippen LogP contribution in [-0.2, 0) is 0 Å². The lowest BCUT2D eigenvalue weighted by Gasteiger charge is -2.15. The van der Waals surface area contributed by atoms with E-state index < -0.39 is 0 Å². The molecule has 1 atom stereocenters. The van der Waals surface area contributed by atoms with E-state index in [1.807, 2.05) is 11.4 Å². The molecule has 0 spiro atoms. The van der Waals surface area contributed by atoms with Crippen molar-refractivity contribution in [3.8, 4) is 5.75 Å². The van der Waals surface area contributed by atoms with Gasteiger partial charge in [0, 0.05) is 20.9 Å². The topological polar surface area (TPSA) is 60.2 Å². The molecule has 4 nitrogen and oxygen atoms in total. The number of hydrogen-bond donors (Lipinski definition) is 2. The van der Waals surface area contributed by atoms with E-state index in [9.17, 15) is 0 Å². The monoisotopic (exact) mass is 341 g/mol. The third kappa shape index (κ3) is 3.76. The normalized spacial score (nSPS) is 12.4. The van der Waals surface area contributed by atoms with Crippen LogP contribution in [0.1, 0.15) is 29.8 Å². The van der Waals surface area contributed by atoms with E-state index in [4.69, 9.17) is 10.6 Å². The highest BCUT2D eigenvalue weighted by atomic mass is 79.9. The standard InChI is InChI=1S/C13H16BrN3OS/c1-2-3-18-11-4-9(6-16-7-11)13(17-15)12-5-10(14)8-19-12/h4-8,13,17H,2-3,15H2,1H3. The first-order chi connectivity index (χ1) is 9.24. The van der Waals surface area contributed by atoms with Crippen LogP contribution in [0.5, 0.6) is 5.75 Å². The average Bonchev–Trinajstić information content (AvgIpc) is 2.84. The van der Waals surface area contributed by atoms with Crippen molar-refractivity contribution in [2.24, 2.45) is 5.84 Å². The Labute approximate surface area is 125 Å². The van der Waals surface area contributed by atoms with Gasteiger partial charge < -0.3 is 4.74 Å². The fourth-order valence-electron chi connectivity index (χ4n) is 1.71. The number of nitrogens with one attached hydrogen (secondary N) is 1. The van der Waals surface area contributed by atoms with Gasteiger partial charge >= 0.3 is 0 Å². The molecule has 0 aliphatic heterocycles. The zero-order chi connectivity index (χ0) is 13.7. The second kappa shape index (κ2) is 7.00. The van der Waals surface area contributed by atoms with E-state index in [0.29, 0.717) is 6.61 Å². The number of hydrazine groups is 1. The van der Waals surface area contributed by atoms with Gasteiger partial charge in [0.25, 0.3) is 0 Å². The molecular weight excluding hydrogens is 326 g/mol. The van der Waals surface area contributed by atoms with Crippen LogP contribution in [0.4, 0.5) is 0 Å². The molecule has 102 valence electrons. The first-order valence-corrected chi connectivity index (χ1v) is 7.69. The molecule has 0 amide bonds. The van der Waals surface area contributed by atoms with Crippen molar-refractivity contribution < 1.29 is 4.74 Å². The maximum absolute atomic E-state index is 5.67. The lowest BCUT2D eigenvalue weighted by molar-refractivity contribution is 0.315. The van der Waals surface area contributed by atoms with Crippen molar-refractivity contribution in [3.63, 3.8) is 0 Å². The minimum absolute atomic E-state index is 0.0750. The SMILES string of the molecule is CCCOc1cncc(C(NN)c2cc(Br)cs2)c1. The zero-order valence-corrected chi connectivity index (χ0v) is 13.0. The molecule has 2 heterocycles. The van der Waals surface area contributed by atoms with Gasteiger partial charge in [-0.3, -0.25) is 10.8 Å². The number of ether oxygens (including phenoxy) is 1. The third-order valence-corrected chi connectivity index (χ3v) is 4.34. The molecular formula is C13H16BrN3OS. The summed E-state index contributed by atoms with van der Waals surface area (Å²) in [7, 11) is 0. The van der Waals surface area contributed by atoms with Crippen LogP contribution >= 0.6 is 27.3 Å². The average molecular weight is 342 g/mol. The summed E-state index contributed by atoms with van der Waals surface area (Å²) in [5.74, 6) is 6.44. The van der Waals surface area contributed by atoms with Crippen molar-refractivity contribution in [2.75, 3.05) is 6.61 Å². The number of nitrogens with zero attached hydrogens (tertiary/aromatic N) is 1. The van der Waals surface area contributed by atoms with Crippen LogP contribution < -0.4 is 16.0 Å². The number of pyridine rings is 1. The van der Waals surface area contributed by atoms with Crippen molar-refractivity contribution in [3.05, 3.63) is 44.8 Å². The van der Waals surface area contributed by atoms with Gasteiger partial charge in [-0.15, -0.1) is 11.3 Å². The Hall–Kier alpha value is -0.950. The summed E-state index contributed by atoms with van der Waals surface area (Å²) in [6, 6.07) is 3.95. The van der Waals surface area contributed by atoms with Gasteiger partial charge in [0.1, 0.15) is 5.75 Å². The molecule has 0 aliphatic rings. The summed E-state index contributed by atoms with van der Waals surface area (Å²) in [5, 5.41) is 2.03. The van der Waals surface area contributed by atoms with Crippen molar-refractivity contribution in [2.45, 2.75) is 19.4 Å². The number of halogens is 1. The lowest BCUT2D eigenvalue weighted by Crippen LogP contribution is -2.28. The lowest BCUT2D eigenvalue weighted by atomic mass is 10.1. The molecule has 6 heteroatoms. The zero-order valence-electron chi connectivity index (χ0n) is 10.6. The molecule has 0 aromatic carbocycles. The van der Waals surface area contributed by atoms with Crippen LogP contribution in [0.3, 0.4) is 0 Å². The minimum atomic E-state index is -0.0750. The van der Waals surface area contributed by atoms with E-state index in [0.717, 1.165) is 27.1 Å². The summed E-state index contributed by atoms with van der Waals surface area (Å²) in [6.45, 7) is 2.76. The molecule has 0 fully saturated rings. The Balaban J connectivity index is 2.23. The van der Waals surface area contributed by atoms with Crippen LogP contribution in [0.2, 0.25) is 0 Å². The van der Waals surface area contributed by atoms with Gasteiger partial charge in [-0.25, -0.2) is 5.43 Å². The first kappa shape index (κ1) is 14.5. The van der Waals surface area contributed by atoms with Gasteiger partial charge in [-0.2, -0.15) is 0 Å². The van der Waals surface area contributed by atoms with Crippen molar-refractivity contribution >= 4 is 27.3 Å². The van der Waals surface area contributed by atoms with E-state index in [1.54, 1.807) is 23.7 Å². The van der Waals surface area contributed by atoms with Crippen LogP contribution in [0.15, 0.2) is 34.4 Å². The maximum Gasteiger partial charge on any atom is 0.137 e. The molecule has 0 bridgehead atoms. The fraction of sp³-hybridized carbons (Fsp3) is 0.308. The predicted molar refractivity (Wildman–Crippen MR) is 81.2 cm³/mol. The first-order valence-electron chi connectivity index (χ1n) is 6.02. The molecule has 0 saturated heterocycles. The molecule has 19 heavy (non-hydrogen) atoms. The molecule has 2 rings (SSSR count). The molecule has 2 aromatic rings. The van der Waals surface area contributed by atoms with Gasteiger partial charge in [0.05, 0.1) is 18.8 Å². The number of hydrogen-bond acceptors (Lipinski definition) is 5. The maximum atomic E-state index is 5.67. The highest BCUT2D eigenvalue weighted by Gasteiger charge is 2.15. The molecule has 0 aliphatic carbocycles. The fourth-order valence-corrected chi connectivity index (χ4v) is 3.25. The van der Waals surface area contributed by atoms with Crippen molar-refractivity contribution in [1.29, 1.82) is 0 Å². The minimum Gasteiger partial charge on any atom is -0.492 e. The Morgan fingerprint density at radius 1 is 1.47 bits per heavy atom. The van der Waals surface area contributed by atoms with Gasteiger partial charge in [0.15, 0.2) is 0 Å². The predicted octanol–water partition coefficient (Wildman–Crippen LogP) is 3.25. The van der Waals surface area contributed by atoms with Crippen LogP contribution in [0, 0.1) is 0 Å². The molecule has 2 aromatic heterocycles. The second-order valence-corrected chi connectivity index (χ2v) is 5.93. The highest BCUT2D eigenvalue weighted by Crippen LogP contribution is 2.30.